The van der Waals surface area contributed by atoms with Gasteiger partial charge in [-0.1, -0.05) is 12.6 Å². The molecule has 0 spiro atoms. The first kappa shape index (κ1) is 17.3. The molecule has 0 aliphatic heterocycles. The molecule has 0 atom stereocenters. The number of ether oxygens (including phenoxy) is 1. The standard InChI is InChI=1S/C19H17IN2O3/c1-3-25-18-11-13(4-9-17(18)23)10-16-12(2)21-22(19(16)24)15-7-5-14(20)6-8-15/h4-11,21,23H,2-3H2,1H3/b16-10-. The van der Waals surface area contributed by atoms with Crippen molar-refractivity contribution in [2.45, 2.75) is 6.92 Å². The summed E-state index contributed by atoms with van der Waals surface area (Å²) in [7, 11) is 0. The highest BCUT2D eigenvalue weighted by Crippen LogP contribution is 2.26. The summed E-state index contributed by atoms with van der Waals surface area (Å²) in [6, 6.07) is 12.6. The number of aromatic amines is 1. The van der Waals surface area contributed by atoms with Crippen LogP contribution < -0.4 is 20.9 Å². The van der Waals surface area contributed by atoms with Gasteiger partial charge in [0.25, 0.3) is 5.56 Å². The van der Waals surface area contributed by atoms with Crippen molar-refractivity contribution in [2.75, 3.05) is 6.61 Å². The third-order valence-electron chi connectivity index (χ3n) is 3.68. The number of benzene rings is 2. The Morgan fingerprint density at radius 3 is 2.68 bits per heavy atom. The molecule has 0 saturated heterocycles. The molecule has 0 bridgehead atoms. The van der Waals surface area contributed by atoms with Gasteiger partial charge in [-0.25, -0.2) is 4.68 Å². The van der Waals surface area contributed by atoms with E-state index in [1.807, 2.05) is 31.2 Å². The minimum absolute atomic E-state index is 0.0687. The van der Waals surface area contributed by atoms with E-state index in [4.69, 9.17) is 4.74 Å². The van der Waals surface area contributed by atoms with E-state index in [0.717, 1.165) is 14.8 Å². The molecule has 2 aromatic carbocycles. The first-order chi connectivity index (χ1) is 12.0. The molecule has 128 valence electrons. The number of aromatic hydroxyl groups is 1. The van der Waals surface area contributed by atoms with Gasteiger partial charge in [0.2, 0.25) is 0 Å². The number of nitrogens with zero attached hydrogens (tertiary/aromatic N) is 1. The van der Waals surface area contributed by atoms with E-state index in [2.05, 4.69) is 34.3 Å². The number of aromatic nitrogens is 2. The lowest BCUT2D eigenvalue weighted by molar-refractivity contribution is 0.318. The topological polar surface area (TPSA) is 67.2 Å². The Balaban J connectivity index is 2.11. The van der Waals surface area contributed by atoms with Crippen molar-refractivity contribution in [3.63, 3.8) is 0 Å². The van der Waals surface area contributed by atoms with Crippen LogP contribution in [0.25, 0.3) is 18.3 Å². The van der Waals surface area contributed by atoms with Crippen molar-refractivity contribution in [2.24, 2.45) is 0 Å². The zero-order valence-electron chi connectivity index (χ0n) is 13.6. The van der Waals surface area contributed by atoms with Gasteiger partial charge in [-0.3, -0.25) is 9.89 Å². The molecule has 0 saturated carbocycles. The number of halogens is 1. The van der Waals surface area contributed by atoms with E-state index < -0.39 is 0 Å². The van der Waals surface area contributed by atoms with Gasteiger partial charge in [0, 0.05) is 3.57 Å². The molecular weight excluding hydrogens is 431 g/mol. The Morgan fingerprint density at radius 1 is 1.28 bits per heavy atom. The fraction of sp³-hybridized carbons (Fsp3) is 0.105. The largest absolute Gasteiger partial charge is 0.504 e. The number of phenols is 1. The third kappa shape index (κ3) is 3.63. The fourth-order valence-electron chi connectivity index (χ4n) is 2.47. The summed E-state index contributed by atoms with van der Waals surface area (Å²) in [4.78, 5) is 12.7. The molecule has 2 N–H and O–H groups in total. The average molecular weight is 448 g/mol. The molecule has 1 aromatic heterocycles. The second-order valence-electron chi connectivity index (χ2n) is 5.43. The van der Waals surface area contributed by atoms with E-state index in [9.17, 15) is 9.90 Å². The SMILES string of the molecule is C=c1[nH]n(-c2ccc(I)cc2)c(=O)/c1=C\c1ccc(O)c(OCC)c1. The van der Waals surface area contributed by atoms with Crippen molar-refractivity contribution in [3.05, 3.63) is 72.5 Å². The van der Waals surface area contributed by atoms with Gasteiger partial charge in [0.05, 0.1) is 22.9 Å². The average Bonchev–Trinajstić information content (AvgIpc) is 2.87. The number of hydrogen-bond donors (Lipinski definition) is 2. The van der Waals surface area contributed by atoms with Crippen LogP contribution in [0.1, 0.15) is 12.5 Å². The molecule has 0 aliphatic carbocycles. The Bertz CT molecular complexity index is 1070. The molecule has 6 heteroatoms. The lowest BCUT2D eigenvalue weighted by Crippen LogP contribution is -2.33. The number of hydrogen-bond acceptors (Lipinski definition) is 3. The number of nitrogens with one attached hydrogen (secondary N) is 1. The van der Waals surface area contributed by atoms with Crippen LogP contribution in [0.3, 0.4) is 0 Å². The molecule has 1 heterocycles. The van der Waals surface area contributed by atoms with Gasteiger partial charge in [-0.05, 0) is 77.6 Å². The summed E-state index contributed by atoms with van der Waals surface area (Å²) in [5.41, 5.74) is 1.31. The van der Waals surface area contributed by atoms with E-state index >= 15 is 0 Å². The lowest BCUT2D eigenvalue weighted by atomic mass is 10.1. The minimum Gasteiger partial charge on any atom is -0.504 e. The maximum Gasteiger partial charge on any atom is 0.279 e. The van der Waals surface area contributed by atoms with Crippen molar-refractivity contribution in [1.29, 1.82) is 0 Å². The zero-order chi connectivity index (χ0) is 18.0. The molecule has 25 heavy (non-hydrogen) atoms. The first-order valence-corrected chi connectivity index (χ1v) is 8.81. The van der Waals surface area contributed by atoms with E-state index in [0.29, 0.717) is 22.9 Å². The summed E-state index contributed by atoms with van der Waals surface area (Å²) in [6.07, 6.45) is 1.73. The molecule has 3 rings (SSSR count). The molecule has 3 aromatic rings. The first-order valence-electron chi connectivity index (χ1n) is 7.73. The van der Waals surface area contributed by atoms with Gasteiger partial charge in [-0.2, -0.15) is 0 Å². The molecule has 0 amide bonds. The minimum atomic E-state index is -0.183. The highest BCUT2D eigenvalue weighted by molar-refractivity contribution is 14.1. The van der Waals surface area contributed by atoms with Crippen LogP contribution >= 0.6 is 22.6 Å². The molecule has 0 radical (unpaired) electrons. The summed E-state index contributed by atoms with van der Waals surface area (Å²) in [5.74, 6) is 0.453. The van der Waals surface area contributed by atoms with Crippen LogP contribution in [0, 0.1) is 3.57 Å². The van der Waals surface area contributed by atoms with Gasteiger partial charge < -0.3 is 9.84 Å². The number of rotatable bonds is 4. The Morgan fingerprint density at radius 2 is 2.00 bits per heavy atom. The summed E-state index contributed by atoms with van der Waals surface area (Å²) in [5, 5.41) is 13.8. The summed E-state index contributed by atoms with van der Waals surface area (Å²) < 4.78 is 7.94. The number of phenolic OH excluding ortho intramolecular Hbond substituents is 1. The van der Waals surface area contributed by atoms with Crippen LogP contribution in [-0.4, -0.2) is 21.5 Å². The highest BCUT2D eigenvalue weighted by atomic mass is 127. The monoisotopic (exact) mass is 448 g/mol. The van der Waals surface area contributed by atoms with E-state index in [1.54, 1.807) is 24.3 Å². The van der Waals surface area contributed by atoms with Crippen LogP contribution in [-0.2, 0) is 0 Å². The number of H-pyrrole nitrogens is 1. The molecule has 0 aliphatic rings. The fourth-order valence-corrected chi connectivity index (χ4v) is 2.83. The van der Waals surface area contributed by atoms with E-state index in [1.165, 1.54) is 4.68 Å². The van der Waals surface area contributed by atoms with Crippen LogP contribution in [0.4, 0.5) is 0 Å². The van der Waals surface area contributed by atoms with Crippen molar-refractivity contribution in [1.82, 2.24) is 9.78 Å². The Hall–Kier alpha value is -2.48. The quantitative estimate of drug-likeness (QED) is 0.602. The summed E-state index contributed by atoms with van der Waals surface area (Å²) in [6.45, 7) is 6.22. The van der Waals surface area contributed by atoms with Gasteiger partial charge >= 0.3 is 0 Å². The van der Waals surface area contributed by atoms with Crippen LogP contribution in [0.15, 0.2) is 47.3 Å². The highest BCUT2D eigenvalue weighted by Gasteiger charge is 2.06. The second kappa shape index (κ2) is 7.18. The molecule has 0 fully saturated rings. The summed E-state index contributed by atoms with van der Waals surface area (Å²) >= 11 is 2.22. The Labute approximate surface area is 158 Å². The van der Waals surface area contributed by atoms with Gasteiger partial charge in [0.1, 0.15) is 0 Å². The maximum absolute atomic E-state index is 12.7. The van der Waals surface area contributed by atoms with Crippen LogP contribution in [0.2, 0.25) is 0 Å². The maximum atomic E-state index is 12.7. The van der Waals surface area contributed by atoms with Gasteiger partial charge in [0.15, 0.2) is 11.5 Å². The van der Waals surface area contributed by atoms with E-state index in [-0.39, 0.29) is 11.3 Å². The second-order valence-corrected chi connectivity index (χ2v) is 6.67. The lowest BCUT2D eigenvalue weighted by Gasteiger charge is -2.05. The zero-order valence-corrected chi connectivity index (χ0v) is 15.8. The van der Waals surface area contributed by atoms with Gasteiger partial charge in [-0.15, -0.1) is 0 Å². The molecular formula is C19H17IN2O3. The predicted octanol–water partition coefficient (Wildman–Crippen LogP) is 2.11. The Kier molecular flexibility index (Phi) is 4.98. The third-order valence-corrected chi connectivity index (χ3v) is 4.40. The van der Waals surface area contributed by atoms with Crippen LogP contribution in [0.5, 0.6) is 11.5 Å². The van der Waals surface area contributed by atoms with Crippen molar-refractivity contribution in [3.8, 4) is 17.2 Å². The normalized spacial score (nSPS) is 11.7. The smallest absolute Gasteiger partial charge is 0.279 e. The van der Waals surface area contributed by atoms with Crippen molar-refractivity contribution >= 4 is 35.2 Å². The predicted molar refractivity (Wildman–Crippen MR) is 107 cm³/mol. The van der Waals surface area contributed by atoms with Crippen molar-refractivity contribution < 1.29 is 9.84 Å². The molecule has 5 nitrogen and oxygen atoms in total. The molecule has 0 unspecified atom stereocenters.